The zero-order chi connectivity index (χ0) is 19.2. The quantitative estimate of drug-likeness (QED) is 0.550. The Balaban J connectivity index is 1.54. The standard InChI is InChI=1S/C16H18BrN7O2S/c17-10-3-1-2-4-11(10)27(25,26)24-7-5-9(6-8-24)14-20-12-13(18)21-16(19)23-15(12)22-14/h1-4,9H,5-8H2,(H5,18,19,20,21,22,23). The molecule has 5 N–H and O–H groups in total. The van der Waals surface area contributed by atoms with Crippen LogP contribution in [0.4, 0.5) is 11.8 Å². The smallest absolute Gasteiger partial charge is 0.244 e. The Labute approximate surface area is 164 Å². The molecule has 0 spiro atoms. The van der Waals surface area contributed by atoms with Gasteiger partial charge in [0.2, 0.25) is 16.0 Å². The number of imidazole rings is 1. The number of halogens is 1. The van der Waals surface area contributed by atoms with E-state index in [1.165, 1.54) is 4.31 Å². The molecule has 142 valence electrons. The third-order valence-corrected chi connectivity index (χ3v) is 7.62. The van der Waals surface area contributed by atoms with E-state index in [1.807, 2.05) is 0 Å². The molecule has 1 aliphatic heterocycles. The number of H-pyrrole nitrogens is 1. The lowest BCUT2D eigenvalue weighted by molar-refractivity contribution is 0.314. The molecule has 0 saturated carbocycles. The van der Waals surface area contributed by atoms with Crippen molar-refractivity contribution in [2.75, 3.05) is 24.6 Å². The highest BCUT2D eigenvalue weighted by Gasteiger charge is 2.32. The fourth-order valence-corrected chi connectivity index (χ4v) is 5.74. The van der Waals surface area contributed by atoms with Gasteiger partial charge in [-0.2, -0.15) is 14.3 Å². The van der Waals surface area contributed by atoms with E-state index in [4.69, 9.17) is 11.5 Å². The van der Waals surface area contributed by atoms with Crippen LogP contribution >= 0.6 is 15.9 Å². The van der Waals surface area contributed by atoms with Gasteiger partial charge in [-0.1, -0.05) is 12.1 Å². The largest absolute Gasteiger partial charge is 0.382 e. The second-order valence-electron chi connectivity index (χ2n) is 6.40. The predicted molar refractivity (Wildman–Crippen MR) is 105 cm³/mol. The molecule has 9 nitrogen and oxygen atoms in total. The first-order chi connectivity index (χ1) is 12.9. The summed E-state index contributed by atoms with van der Waals surface area (Å²) in [4.78, 5) is 15.9. The highest BCUT2D eigenvalue weighted by atomic mass is 79.9. The minimum absolute atomic E-state index is 0.0763. The summed E-state index contributed by atoms with van der Waals surface area (Å²) in [5.74, 6) is 1.15. The number of nitrogens with zero attached hydrogens (tertiary/aromatic N) is 4. The van der Waals surface area contributed by atoms with Gasteiger partial charge < -0.3 is 16.5 Å². The average molecular weight is 452 g/mol. The summed E-state index contributed by atoms with van der Waals surface area (Å²) in [5.41, 5.74) is 12.5. The van der Waals surface area contributed by atoms with E-state index in [0.717, 1.165) is 5.82 Å². The normalized spacial score (nSPS) is 16.8. The zero-order valence-electron chi connectivity index (χ0n) is 14.3. The van der Waals surface area contributed by atoms with Crippen LogP contribution in [0.3, 0.4) is 0 Å². The molecule has 0 radical (unpaired) electrons. The Morgan fingerprint density at radius 3 is 2.52 bits per heavy atom. The second kappa shape index (κ2) is 6.73. The Kier molecular flexibility index (Phi) is 4.52. The van der Waals surface area contributed by atoms with Crippen molar-refractivity contribution in [1.29, 1.82) is 0 Å². The number of anilines is 2. The fraction of sp³-hybridized carbons (Fsp3) is 0.312. The summed E-state index contributed by atoms with van der Waals surface area (Å²) in [5, 5.41) is 0. The van der Waals surface area contributed by atoms with Crippen molar-refractivity contribution in [2.45, 2.75) is 23.7 Å². The van der Waals surface area contributed by atoms with Crippen LogP contribution in [-0.4, -0.2) is 45.7 Å². The zero-order valence-corrected chi connectivity index (χ0v) is 16.7. The van der Waals surface area contributed by atoms with E-state index in [-0.39, 0.29) is 22.6 Å². The minimum Gasteiger partial charge on any atom is -0.382 e. The van der Waals surface area contributed by atoms with E-state index in [0.29, 0.717) is 41.6 Å². The molecule has 1 aliphatic rings. The maximum absolute atomic E-state index is 12.9. The number of hydrogen-bond acceptors (Lipinski definition) is 7. The topological polar surface area (TPSA) is 144 Å². The number of hydrogen-bond donors (Lipinski definition) is 3. The minimum atomic E-state index is -3.54. The number of nitrogens with two attached hydrogens (primary N) is 2. The Hall–Kier alpha value is -2.24. The molecule has 4 rings (SSSR count). The van der Waals surface area contributed by atoms with Gasteiger partial charge in [0.1, 0.15) is 11.3 Å². The molecule has 3 heterocycles. The summed E-state index contributed by atoms with van der Waals surface area (Å²) in [6.45, 7) is 0.823. The Bertz CT molecular complexity index is 1110. The van der Waals surface area contributed by atoms with Gasteiger partial charge in [0, 0.05) is 23.5 Å². The third kappa shape index (κ3) is 3.26. The van der Waals surface area contributed by atoms with Crippen LogP contribution in [0.1, 0.15) is 24.6 Å². The SMILES string of the molecule is Nc1nc(N)c2[nH]c(C3CCN(S(=O)(=O)c4ccccc4Br)CC3)nc2n1. The summed E-state index contributed by atoms with van der Waals surface area (Å²) in [6, 6.07) is 6.84. The van der Waals surface area contributed by atoms with E-state index in [2.05, 4.69) is 35.9 Å². The van der Waals surface area contributed by atoms with Crippen LogP contribution in [0.15, 0.2) is 33.6 Å². The van der Waals surface area contributed by atoms with Gasteiger partial charge in [-0.15, -0.1) is 0 Å². The van der Waals surface area contributed by atoms with Gasteiger partial charge >= 0.3 is 0 Å². The molecule has 0 atom stereocenters. The van der Waals surface area contributed by atoms with E-state index >= 15 is 0 Å². The van der Waals surface area contributed by atoms with Gasteiger partial charge in [0.15, 0.2) is 11.5 Å². The maximum Gasteiger partial charge on any atom is 0.244 e. The second-order valence-corrected chi connectivity index (χ2v) is 9.16. The predicted octanol–water partition coefficient (Wildman–Crippen LogP) is 1.85. The molecule has 0 amide bonds. The van der Waals surface area contributed by atoms with Gasteiger partial charge in [0.25, 0.3) is 0 Å². The molecule has 2 aromatic heterocycles. The van der Waals surface area contributed by atoms with Crippen molar-refractivity contribution in [3.63, 3.8) is 0 Å². The van der Waals surface area contributed by atoms with Gasteiger partial charge in [-0.25, -0.2) is 13.4 Å². The van der Waals surface area contributed by atoms with Crippen LogP contribution in [0.2, 0.25) is 0 Å². The first-order valence-electron chi connectivity index (χ1n) is 8.39. The van der Waals surface area contributed by atoms with E-state index in [1.54, 1.807) is 24.3 Å². The number of piperidine rings is 1. The van der Waals surface area contributed by atoms with Gasteiger partial charge in [-0.05, 0) is 40.9 Å². The number of aromatic amines is 1. The highest BCUT2D eigenvalue weighted by Crippen LogP contribution is 2.32. The summed E-state index contributed by atoms with van der Waals surface area (Å²) in [7, 11) is -3.54. The van der Waals surface area contributed by atoms with Crippen LogP contribution in [-0.2, 0) is 10.0 Å². The number of rotatable bonds is 3. The maximum atomic E-state index is 12.9. The number of aromatic nitrogens is 4. The molecule has 11 heteroatoms. The van der Waals surface area contributed by atoms with Crippen LogP contribution in [0.25, 0.3) is 11.2 Å². The van der Waals surface area contributed by atoms with Crippen molar-refractivity contribution in [1.82, 2.24) is 24.2 Å². The number of nitrogen functional groups attached to an aromatic ring is 2. The lowest BCUT2D eigenvalue weighted by Crippen LogP contribution is -2.38. The van der Waals surface area contributed by atoms with Crippen molar-refractivity contribution in [3.8, 4) is 0 Å². The van der Waals surface area contributed by atoms with Gasteiger partial charge in [-0.3, -0.25) is 0 Å². The summed E-state index contributed by atoms with van der Waals surface area (Å²) >= 11 is 3.32. The number of fused-ring (bicyclic) bond motifs is 1. The van der Waals surface area contributed by atoms with Crippen molar-refractivity contribution in [2.24, 2.45) is 0 Å². The molecule has 1 fully saturated rings. The monoisotopic (exact) mass is 451 g/mol. The van der Waals surface area contributed by atoms with Crippen molar-refractivity contribution >= 4 is 48.9 Å². The number of benzene rings is 1. The molecular formula is C16H18BrN7O2S. The molecular weight excluding hydrogens is 434 g/mol. The van der Waals surface area contributed by atoms with Crippen molar-refractivity contribution in [3.05, 3.63) is 34.6 Å². The molecule has 1 saturated heterocycles. The lowest BCUT2D eigenvalue weighted by Gasteiger charge is -2.30. The molecule has 0 unspecified atom stereocenters. The molecule has 0 bridgehead atoms. The molecule has 1 aromatic carbocycles. The lowest BCUT2D eigenvalue weighted by atomic mass is 9.97. The van der Waals surface area contributed by atoms with E-state index < -0.39 is 10.0 Å². The fourth-order valence-electron chi connectivity index (χ4n) is 3.31. The molecule has 3 aromatic rings. The molecule has 0 aliphatic carbocycles. The average Bonchev–Trinajstić information content (AvgIpc) is 3.06. The number of nitrogens with one attached hydrogen (secondary N) is 1. The van der Waals surface area contributed by atoms with Gasteiger partial charge in [0.05, 0.1) is 4.90 Å². The first-order valence-corrected chi connectivity index (χ1v) is 10.6. The summed E-state index contributed by atoms with van der Waals surface area (Å²) in [6.07, 6.45) is 1.29. The van der Waals surface area contributed by atoms with Crippen LogP contribution < -0.4 is 11.5 Å². The third-order valence-electron chi connectivity index (χ3n) is 4.71. The van der Waals surface area contributed by atoms with Crippen LogP contribution in [0.5, 0.6) is 0 Å². The highest BCUT2D eigenvalue weighted by molar-refractivity contribution is 9.10. The first kappa shape index (κ1) is 18.1. The van der Waals surface area contributed by atoms with Crippen molar-refractivity contribution < 1.29 is 8.42 Å². The van der Waals surface area contributed by atoms with E-state index in [9.17, 15) is 8.42 Å². The summed E-state index contributed by atoms with van der Waals surface area (Å²) < 4.78 is 27.9. The molecule has 27 heavy (non-hydrogen) atoms. The van der Waals surface area contributed by atoms with Crippen LogP contribution in [0, 0.1) is 0 Å². The Morgan fingerprint density at radius 1 is 1.11 bits per heavy atom. The Morgan fingerprint density at radius 2 is 1.81 bits per heavy atom. The number of sulfonamides is 1.